The molecule has 1 atom stereocenters. The number of hydrogen-bond acceptors (Lipinski definition) is 3. The van der Waals surface area contributed by atoms with Gasteiger partial charge in [0.05, 0.1) is 7.11 Å². The summed E-state index contributed by atoms with van der Waals surface area (Å²) in [4.78, 5) is 0. The second kappa shape index (κ2) is 5.42. The maximum absolute atomic E-state index is 5.12. The van der Waals surface area contributed by atoms with Crippen LogP contribution in [0.4, 0.5) is 0 Å². The molecule has 1 aromatic rings. The van der Waals surface area contributed by atoms with Gasteiger partial charge in [0, 0.05) is 17.5 Å². The van der Waals surface area contributed by atoms with Gasteiger partial charge in [-0.05, 0) is 30.7 Å². The van der Waals surface area contributed by atoms with E-state index in [-0.39, 0.29) is 0 Å². The highest BCUT2D eigenvalue weighted by molar-refractivity contribution is 7.98. The molecule has 1 fully saturated rings. The van der Waals surface area contributed by atoms with Gasteiger partial charge in [-0.25, -0.2) is 0 Å². The summed E-state index contributed by atoms with van der Waals surface area (Å²) in [5.41, 5.74) is 1.38. The minimum atomic E-state index is 0.758. The van der Waals surface area contributed by atoms with E-state index in [1.807, 2.05) is 23.9 Å². The summed E-state index contributed by atoms with van der Waals surface area (Å²) in [6.45, 7) is 1.20. The van der Waals surface area contributed by atoms with Crippen LogP contribution >= 0.6 is 11.8 Å². The topological polar surface area (TPSA) is 21.3 Å². The third-order valence-corrected chi connectivity index (χ3v) is 3.85. The summed E-state index contributed by atoms with van der Waals surface area (Å²) in [5, 5.41) is 3.41. The second-order valence-corrected chi connectivity index (χ2v) is 4.83. The highest BCUT2D eigenvalue weighted by Crippen LogP contribution is 2.18. The molecule has 2 rings (SSSR count). The quantitative estimate of drug-likeness (QED) is 0.827. The Morgan fingerprint density at radius 2 is 2.13 bits per heavy atom. The van der Waals surface area contributed by atoms with Crippen molar-refractivity contribution >= 4 is 11.8 Å². The van der Waals surface area contributed by atoms with E-state index in [4.69, 9.17) is 4.74 Å². The van der Waals surface area contributed by atoms with Crippen molar-refractivity contribution in [3.05, 3.63) is 29.8 Å². The molecule has 0 radical (unpaired) electrons. The second-order valence-electron chi connectivity index (χ2n) is 3.80. The smallest absolute Gasteiger partial charge is 0.118 e. The largest absolute Gasteiger partial charge is 0.497 e. The number of hydrogen-bond donors (Lipinski definition) is 1. The van der Waals surface area contributed by atoms with Crippen LogP contribution in [0.15, 0.2) is 24.3 Å². The molecule has 0 aromatic heterocycles. The van der Waals surface area contributed by atoms with Gasteiger partial charge in [0.15, 0.2) is 0 Å². The van der Waals surface area contributed by atoms with Gasteiger partial charge in [-0.3, -0.25) is 0 Å². The van der Waals surface area contributed by atoms with Gasteiger partial charge in [-0.2, -0.15) is 11.8 Å². The average Bonchev–Trinajstić information content (AvgIpc) is 2.23. The first-order chi connectivity index (χ1) is 7.38. The summed E-state index contributed by atoms with van der Waals surface area (Å²) in [6.07, 6.45) is 1.34. The molecule has 0 amide bonds. The molecule has 1 saturated heterocycles. The molecule has 0 bridgehead atoms. The molecule has 0 spiro atoms. The van der Waals surface area contributed by atoms with Crippen molar-refractivity contribution in [1.82, 2.24) is 5.32 Å². The molecule has 2 nitrogen and oxygen atoms in total. The monoisotopic (exact) mass is 223 g/mol. The minimum absolute atomic E-state index is 0.758. The van der Waals surface area contributed by atoms with Crippen molar-refractivity contribution < 1.29 is 4.74 Å². The van der Waals surface area contributed by atoms with Gasteiger partial charge < -0.3 is 10.1 Å². The maximum atomic E-state index is 5.12. The van der Waals surface area contributed by atoms with E-state index in [2.05, 4.69) is 17.4 Å². The number of nitrogens with one attached hydrogen (secondary N) is 1. The van der Waals surface area contributed by atoms with E-state index in [0.29, 0.717) is 0 Å². The molecule has 1 aliphatic rings. The average molecular weight is 223 g/mol. The summed E-state index contributed by atoms with van der Waals surface area (Å²) < 4.78 is 5.12. The molecule has 15 heavy (non-hydrogen) atoms. The third-order valence-electron chi connectivity index (χ3n) is 2.67. The van der Waals surface area contributed by atoms with Crippen LogP contribution in [0.2, 0.25) is 0 Å². The van der Waals surface area contributed by atoms with Crippen LogP contribution in [0.3, 0.4) is 0 Å². The van der Waals surface area contributed by atoms with Gasteiger partial charge in [0.2, 0.25) is 0 Å². The van der Waals surface area contributed by atoms with E-state index >= 15 is 0 Å². The summed E-state index contributed by atoms with van der Waals surface area (Å²) in [5.74, 6) is 3.26. The molecule has 1 aromatic carbocycles. The van der Waals surface area contributed by atoms with Gasteiger partial charge in [0.1, 0.15) is 5.75 Å². The SMILES string of the molecule is COc1ccc(CSCC2CCN2)cc1. The lowest BCUT2D eigenvalue weighted by Gasteiger charge is -2.27. The lowest BCUT2D eigenvalue weighted by atomic mass is 10.1. The molecule has 1 aliphatic heterocycles. The number of rotatable bonds is 5. The zero-order valence-electron chi connectivity index (χ0n) is 9.03. The van der Waals surface area contributed by atoms with Crippen LogP contribution in [0, 0.1) is 0 Å². The Bertz CT molecular complexity index is 295. The molecule has 1 unspecified atom stereocenters. The van der Waals surface area contributed by atoms with Gasteiger partial charge >= 0.3 is 0 Å². The zero-order chi connectivity index (χ0) is 10.5. The van der Waals surface area contributed by atoms with Crippen LogP contribution in [-0.2, 0) is 5.75 Å². The van der Waals surface area contributed by atoms with Crippen molar-refractivity contribution in [3.63, 3.8) is 0 Å². The fourth-order valence-electron chi connectivity index (χ4n) is 1.53. The summed E-state index contributed by atoms with van der Waals surface area (Å²) >= 11 is 2.00. The fraction of sp³-hybridized carbons (Fsp3) is 0.500. The van der Waals surface area contributed by atoms with Crippen molar-refractivity contribution in [2.75, 3.05) is 19.4 Å². The Balaban J connectivity index is 1.72. The van der Waals surface area contributed by atoms with Crippen LogP contribution in [-0.4, -0.2) is 25.4 Å². The molecule has 0 aliphatic carbocycles. The number of thioether (sulfide) groups is 1. The van der Waals surface area contributed by atoms with E-state index < -0.39 is 0 Å². The fourth-order valence-corrected chi connectivity index (χ4v) is 2.65. The standard InChI is InChI=1S/C12H17NOS/c1-14-12-4-2-10(3-5-12)8-15-9-11-6-7-13-11/h2-5,11,13H,6-9H2,1H3. The Morgan fingerprint density at radius 1 is 1.40 bits per heavy atom. The molecule has 0 saturated carbocycles. The predicted molar refractivity (Wildman–Crippen MR) is 65.6 cm³/mol. The number of benzene rings is 1. The first-order valence-electron chi connectivity index (χ1n) is 5.32. The normalized spacial score (nSPS) is 19.7. The molecular formula is C12H17NOS. The van der Waals surface area contributed by atoms with Crippen LogP contribution in [0.1, 0.15) is 12.0 Å². The molecular weight excluding hydrogens is 206 g/mol. The van der Waals surface area contributed by atoms with E-state index in [9.17, 15) is 0 Å². The van der Waals surface area contributed by atoms with E-state index in [1.54, 1.807) is 7.11 Å². The maximum Gasteiger partial charge on any atom is 0.118 e. The Kier molecular flexibility index (Phi) is 3.92. The Labute approximate surface area is 95.4 Å². The molecule has 3 heteroatoms. The third kappa shape index (κ3) is 3.14. The van der Waals surface area contributed by atoms with Gasteiger partial charge in [0.25, 0.3) is 0 Å². The van der Waals surface area contributed by atoms with Crippen molar-refractivity contribution in [1.29, 1.82) is 0 Å². The lowest BCUT2D eigenvalue weighted by molar-refractivity contribution is 0.405. The van der Waals surface area contributed by atoms with Crippen LogP contribution in [0.5, 0.6) is 5.75 Å². The lowest BCUT2D eigenvalue weighted by Crippen LogP contribution is -2.44. The van der Waals surface area contributed by atoms with Crippen molar-refractivity contribution in [2.45, 2.75) is 18.2 Å². The highest BCUT2D eigenvalue weighted by atomic mass is 32.2. The zero-order valence-corrected chi connectivity index (χ0v) is 9.85. The number of ether oxygens (including phenoxy) is 1. The first kappa shape index (κ1) is 10.8. The first-order valence-corrected chi connectivity index (χ1v) is 6.48. The van der Waals surface area contributed by atoms with Gasteiger partial charge in [-0.1, -0.05) is 12.1 Å². The minimum Gasteiger partial charge on any atom is -0.497 e. The van der Waals surface area contributed by atoms with Gasteiger partial charge in [-0.15, -0.1) is 0 Å². The number of methoxy groups -OCH3 is 1. The van der Waals surface area contributed by atoms with Crippen LogP contribution < -0.4 is 10.1 Å². The summed E-state index contributed by atoms with van der Waals surface area (Å²) in [7, 11) is 1.70. The molecule has 1 heterocycles. The summed E-state index contributed by atoms with van der Waals surface area (Å²) in [6, 6.07) is 9.09. The highest BCUT2D eigenvalue weighted by Gasteiger charge is 2.15. The Hall–Kier alpha value is -0.670. The molecule has 82 valence electrons. The Morgan fingerprint density at radius 3 is 2.67 bits per heavy atom. The van der Waals surface area contributed by atoms with Crippen molar-refractivity contribution in [2.24, 2.45) is 0 Å². The van der Waals surface area contributed by atoms with E-state index in [1.165, 1.54) is 24.3 Å². The van der Waals surface area contributed by atoms with Crippen LogP contribution in [0.25, 0.3) is 0 Å². The van der Waals surface area contributed by atoms with E-state index in [0.717, 1.165) is 17.5 Å². The predicted octanol–water partition coefficient (Wildman–Crippen LogP) is 2.29. The molecule has 1 N–H and O–H groups in total. The van der Waals surface area contributed by atoms with Crippen molar-refractivity contribution in [3.8, 4) is 5.75 Å².